The van der Waals surface area contributed by atoms with Gasteiger partial charge in [-0.3, -0.25) is 0 Å². The lowest BCUT2D eigenvalue weighted by atomic mass is 10.0. The smallest absolute Gasteiger partial charge is 0.407 e. The standard InChI is InChI=1S/C18H26N2O5/c1-18(2,3)25-17(24)19-13-6-8-20(9-7-13)14-4-5-15(16(22)23)12(10-14)11-21/h4-5,10,13,21H,6-9,11H2,1-3H3,(H,19,24)(H,22,23). The molecule has 1 aliphatic heterocycles. The number of piperidine rings is 1. The third-order valence-corrected chi connectivity index (χ3v) is 4.07. The average molecular weight is 350 g/mol. The number of alkyl carbamates (subject to hydrolysis) is 1. The number of hydrogen-bond acceptors (Lipinski definition) is 5. The van der Waals surface area contributed by atoms with E-state index in [-0.39, 0.29) is 18.2 Å². The van der Waals surface area contributed by atoms with Gasteiger partial charge >= 0.3 is 12.1 Å². The molecule has 0 radical (unpaired) electrons. The Morgan fingerprint density at radius 3 is 2.44 bits per heavy atom. The molecule has 0 atom stereocenters. The second-order valence-corrected chi connectivity index (χ2v) is 7.21. The number of carboxylic acid groups (broad SMARTS) is 1. The molecule has 138 valence electrons. The van der Waals surface area contributed by atoms with Crippen molar-refractivity contribution < 1.29 is 24.5 Å². The Labute approximate surface area is 147 Å². The first-order valence-electron chi connectivity index (χ1n) is 8.41. The van der Waals surface area contributed by atoms with E-state index in [0.717, 1.165) is 31.6 Å². The van der Waals surface area contributed by atoms with Gasteiger partial charge in [0, 0.05) is 24.8 Å². The second kappa shape index (κ2) is 7.74. The highest BCUT2D eigenvalue weighted by molar-refractivity contribution is 5.90. The minimum atomic E-state index is -1.05. The molecule has 7 nitrogen and oxygen atoms in total. The zero-order chi connectivity index (χ0) is 18.6. The normalized spacial score (nSPS) is 15.8. The van der Waals surface area contributed by atoms with Crippen LogP contribution in [0.2, 0.25) is 0 Å². The summed E-state index contributed by atoms with van der Waals surface area (Å²) in [4.78, 5) is 25.1. The second-order valence-electron chi connectivity index (χ2n) is 7.21. The molecule has 1 aromatic carbocycles. The maximum absolute atomic E-state index is 11.8. The molecule has 3 N–H and O–H groups in total. The number of aliphatic hydroxyl groups excluding tert-OH is 1. The van der Waals surface area contributed by atoms with Crippen molar-refractivity contribution in [3.8, 4) is 0 Å². The largest absolute Gasteiger partial charge is 0.478 e. The maximum atomic E-state index is 11.8. The summed E-state index contributed by atoms with van der Waals surface area (Å²) in [5.41, 5.74) is 0.883. The quantitative estimate of drug-likeness (QED) is 0.771. The summed E-state index contributed by atoms with van der Waals surface area (Å²) in [5.74, 6) is -1.05. The molecule has 25 heavy (non-hydrogen) atoms. The number of ether oxygens (including phenoxy) is 1. The third-order valence-electron chi connectivity index (χ3n) is 4.07. The van der Waals surface area contributed by atoms with E-state index in [1.54, 1.807) is 12.1 Å². The van der Waals surface area contributed by atoms with Crippen LogP contribution in [-0.2, 0) is 11.3 Å². The number of nitrogens with zero attached hydrogens (tertiary/aromatic N) is 1. The first-order chi connectivity index (χ1) is 11.7. The van der Waals surface area contributed by atoms with Gasteiger partial charge in [-0.25, -0.2) is 9.59 Å². The van der Waals surface area contributed by atoms with Gasteiger partial charge in [-0.15, -0.1) is 0 Å². The van der Waals surface area contributed by atoms with Gasteiger partial charge in [-0.05, 0) is 57.4 Å². The van der Waals surface area contributed by atoms with Crippen molar-refractivity contribution in [3.63, 3.8) is 0 Å². The molecule has 0 unspecified atom stereocenters. The van der Waals surface area contributed by atoms with E-state index in [1.807, 2.05) is 20.8 Å². The number of carbonyl (C=O) groups is 2. The number of hydrogen-bond donors (Lipinski definition) is 3. The number of nitrogens with one attached hydrogen (secondary N) is 1. The summed E-state index contributed by atoms with van der Waals surface area (Å²) < 4.78 is 5.27. The third kappa shape index (κ3) is 5.35. The predicted octanol–water partition coefficient (Wildman–Crippen LogP) is 2.37. The SMILES string of the molecule is CC(C)(C)OC(=O)NC1CCN(c2ccc(C(=O)O)c(CO)c2)CC1. The molecule has 0 saturated carbocycles. The summed E-state index contributed by atoms with van der Waals surface area (Å²) in [7, 11) is 0. The fourth-order valence-electron chi connectivity index (χ4n) is 2.87. The van der Waals surface area contributed by atoms with Gasteiger partial charge in [-0.2, -0.15) is 0 Å². The van der Waals surface area contributed by atoms with Gasteiger partial charge in [0.05, 0.1) is 12.2 Å². The van der Waals surface area contributed by atoms with Gasteiger partial charge < -0.3 is 25.2 Å². The molecule has 0 aromatic heterocycles. The van der Waals surface area contributed by atoms with Crippen molar-refractivity contribution in [1.82, 2.24) is 5.32 Å². The Balaban J connectivity index is 1.94. The highest BCUT2D eigenvalue weighted by Gasteiger charge is 2.24. The van der Waals surface area contributed by atoms with Gasteiger partial charge in [0.1, 0.15) is 5.60 Å². The van der Waals surface area contributed by atoms with E-state index >= 15 is 0 Å². The summed E-state index contributed by atoms with van der Waals surface area (Å²) in [6.07, 6.45) is 1.14. The molecular formula is C18H26N2O5. The average Bonchev–Trinajstić information content (AvgIpc) is 2.53. The topological polar surface area (TPSA) is 99.1 Å². The Bertz CT molecular complexity index is 631. The molecular weight excluding hydrogens is 324 g/mol. The first kappa shape index (κ1) is 19.1. The van der Waals surface area contributed by atoms with Crippen LogP contribution in [0.4, 0.5) is 10.5 Å². The lowest BCUT2D eigenvalue weighted by Crippen LogP contribution is -2.46. The minimum Gasteiger partial charge on any atom is -0.478 e. The number of rotatable bonds is 4. The van der Waals surface area contributed by atoms with Crippen molar-refractivity contribution >= 4 is 17.7 Å². The lowest BCUT2D eigenvalue weighted by molar-refractivity contribution is 0.0496. The van der Waals surface area contributed by atoms with Crippen LogP contribution < -0.4 is 10.2 Å². The van der Waals surface area contributed by atoms with Crippen molar-refractivity contribution in [2.45, 2.75) is 51.9 Å². The first-order valence-corrected chi connectivity index (χ1v) is 8.41. The van der Waals surface area contributed by atoms with Crippen molar-refractivity contribution in [2.24, 2.45) is 0 Å². The summed E-state index contributed by atoms with van der Waals surface area (Å²) in [6, 6.07) is 5.05. The number of benzene rings is 1. The molecule has 1 amide bonds. The van der Waals surface area contributed by atoms with Crippen LogP contribution in [-0.4, -0.2) is 47.0 Å². The van der Waals surface area contributed by atoms with Gasteiger partial charge in [0.15, 0.2) is 0 Å². The van der Waals surface area contributed by atoms with E-state index < -0.39 is 17.7 Å². The van der Waals surface area contributed by atoms with Crippen LogP contribution in [0, 0.1) is 0 Å². The number of amides is 1. The molecule has 1 heterocycles. The number of aliphatic hydroxyl groups is 1. The van der Waals surface area contributed by atoms with Crippen LogP contribution in [0.3, 0.4) is 0 Å². The van der Waals surface area contributed by atoms with E-state index in [1.165, 1.54) is 6.07 Å². The van der Waals surface area contributed by atoms with Crippen LogP contribution in [0.15, 0.2) is 18.2 Å². The Morgan fingerprint density at radius 2 is 1.92 bits per heavy atom. The molecule has 2 rings (SSSR count). The van der Waals surface area contributed by atoms with Gasteiger partial charge in [0.25, 0.3) is 0 Å². The van der Waals surface area contributed by atoms with Crippen LogP contribution in [0.5, 0.6) is 0 Å². The van der Waals surface area contributed by atoms with Crippen LogP contribution in [0.25, 0.3) is 0 Å². The van der Waals surface area contributed by atoms with Gasteiger partial charge in [0.2, 0.25) is 0 Å². The van der Waals surface area contributed by atoms with Gasteiger partial charge in [-0.1, -0.05) is 0 Å². The fourth-order valence-corrected chi connectivity index (χ4v) is 2.87. The lowest BCUT2D eigenvalue weighted by Gasteiger charge is -2.34. The minimum absolute atomic E-state index is 0.0571. The van der Waals surface area contributed by atoms with E-state index in [9.17, 15) is 14.7 Å². The summed E-state index contributed by atoms with van der Waals surface area (Å²) >= 11 is 0. The summed E-state index contributed by atoms with van der Waals surface area (Å²) in [5, 5.41) is 21.4. The van der Waals surface area contributed by atoms with E-state index in [2.05, 4.69) is 10.2 Å². The Kier molecular flexibility index (Phi) is 5.89. The number of carboxylic acids is 1. The highest BCUT2D eigenvalue weighted by atomic mass is 16.6. The maximum Gasteiger partial charge on any atom is 0.407 e. The van der Waals surface area contributed by atoms with E-state index in [0.29, 0.717) is 5.56 Å². The zero-order valence-corrected chi connectivity index (χ0v) is 14.9. The highest BCUT2D eigenvalue weighted by Crippen LogP contribution is 2.24. The molecule has 1 fully saturated rings. The number of anilines is 1. The van der Waals surface area contributed by atoms with Crippen LogP contribution in [0.1, 0.15) is 49.5 Å². The molecule has 1 saturated heterocycles. The molecule has 0 bridgehead atoms. The van der Waals surface area contributed by atoms with Crippen LogP contribution >= 0.6 is 0 Å². The molecule has 1 aliphatic rings. The zero-order valence-electron chi connectivity index (χ0n) is 14.9. The van der Waals surface area contributed by atoms with E-state index in [4.69, 9.17) is 9.84 Å². The van der Waals surface area contributed by atoms with Crippen molar-refractivity contribution in [1.29, 1.82) is 0 Å². The Morgan fingerprint density at radius 1 is 1.28 bits per heavy atom. The Hall–Kier alpha value is -2.28. The summed E-state index contributed by atoms with van der Waals surface area (Å²) in [6.45, 7) is 6.64. The molecule has 0 aliphatic carbocycles. The van der Waals surface area contributed by atoms with Crippen molar-refractivity contribution in [3.05, 3.63) is 29.3 Å². The van der Waals surface area contributed by atoms with Crippen molar-refractivity contribution in [2.75, 3.05) is 18.0 Å². The fraction of sp³-hybridized carbons (Fsp3) is 0.556. The number of aromatic carboxylic acids is 1. The number of carbonyl (C=O) groups excluding carboxylic acids is 1. The monoisotopic (exact) mass is 350 g/mol. The molecule has 0 spiro atoms. The molecule has 7 heteroatoms. The predicted molar refractivity (Wildman–Crippen MR) is 93.9 cm³/mol. The molecule has 1 aromatic rings.